The second-order valence-electron chi connectivity index (χ2n) is 6.41. The van der Waals surface area contributed by atoms with Gasteiger partial charge in [-0.25, -0.2) is 0 Å². The summed E-state index contributed by atoms with van der Waals surface area (Å²) in [6.45, 7) is 1.93. The van der Waals surface area contributed by atoms with Crippen LogP contribution < -0.4 is 5.32 Å². The quantitative estimate of drug-likeness (QED) is 0.398. The number of hydrogen-bond donors (Lipinski definition) is 1. The van der Waals surface area contributed by atoms with Crippen LogP contribution in [0.3, 0.4) is 0 Å². The van der Waals surface area contributed by atoms with Crippen molar-refractivity contribution in [3.63, 3.8) is 0 Å². The molecule has 4 rings (SSSR count). The Kier molecular flexibility index (Phi) is 5.76. The van der Waals surface area contributed by atoms with E-state index in [0.29, 0.717) is 21.3 Å². The molecule has 8 heteroatoms. The van der Waals surface area contributed by atoms with E-state index >= 15 is 0 Å². The largest absolute Gasteiger partial charge is 0.325 e. The highest BCUT2D eigenvalue weighted by atomic mass is 35.5. The number of anilines is 1. The fraction of sp³-hybridized carbons (Fsp3) is 0.0952. The zero-order chi connectivity index (χ0) is 20.4. The predicted molar refractivity (Wildman–Crippen MR) is 119 cm³/mol. The smallest absolute Gasteiger partial charge is 0.234 e. The Morgan fingerprint density at radius 1 is 0.966 bits per heavy atom. The highest BCUT2D eigenvalue weighted by molar-refractivity contribution is 8.00. The molecule has 5 nitrogen and oxygen atoms in total. The molecule has 0 aliphatic carbocycles. The van der Waals surface area contributed by atoms with E-state index in [-0.39, 0.29) is 5.91 Å². The van der Waals surface area contributed by atoms with Gasteiger partial charge >= 0.3 is 0 Å². The number of rotatable bonds is 5. The average molecular weight is 443 g/mol. The summed E-state index contributed by atoms with van der Waals surface area (Å²) in [6, 6.07) is 18.5. The molecule has 1 heterocycles. The van der Waals surface area contributed by atoms with E-state index in [2.05, 4.69) is 15.5 Å². The van der Waals surface area contributed by atoms with Crippen LogP contribution in [0.15, 0.2) is 65.6 Å². The first-order valence-electron chi connectivity index (χ1n) is 8.80. The molecule has 1 amide bonds. The van der Waals surface area contributed by atoms with Gasteiger partial charge in [-0.3, -0.25) is 4.79 Å². The molecule has 4 aromatic rings. The summed E-state index contributed by atoms with van der Waals surface area (Å²) in [5.41, 5.74) is 3.92. The van der Waals surface area contributed by atoms with Gasteiger partial charge in [0.1, 0.15) is 11.0 Å². The minimum absolute atomic E-state index is 0.0857. The van der Waals surface area contributed by atoms with E-state index in [1.54, 1.807) is 16.9 Å². The van der Waals surface area contributed by atoms with Crippen LogP contribution in [0.1, 0.15) is 5.56 Å². The minimum Gasteiger partial charge on any atom is -0.325 e. The van der Waals surface area contributed by atoms with Crippen LogP contribution in [0, 0.1) is 6.92 Å². The van der Waals surface area contributed by atoms with Crippen LogP contribution in [0.25, 0.3) is 16.7 Å². The molecule has 0 aliphatic heterocycles. The van der Waals surface area contributed by atoms with Crippen molar-refractivity contribution in [2.45, 2.75) is 11.8 Å². The van der Waals surface area contributed by atoms with E-state index < -0.39 is 0 Å². The SMILES string of the molecule is Cc1cc2nn(-c3ccc(Cl)cc3)nc2cc1NC(=O)CSc1ccc(Cl)cc1. The topological polar surface area (TPSA) is 59.8 Å². The molecule has 0 saturated heterocycles. The lowest BCUT2D eigenvalue weighted by Crippen LogP contribution is -2.14. The summed E-state index contributed by atoms with van der Waals surface area (Å²) < 4.78 is 0. The van der Waals surface area contributed by atoms with Crippen LogP contribution in [0.5, 0.6) is 0 Å². The van der Waals surface area contributed by atoms with Gasteiger partial charge in [0.15, 0.2) is 0 Å². The number of thioether (sulfide) groups is 1. The lowest BCUT2D eigenvalue weighted by atomic mass is 10.2. The Bertz CT molecular complexity index is 1170. The summed E-state index contributed by atoms with van der Waals surface area (Å²) >= 11 is 13.3. The Hall–Kier alpha value is -2.54. The van der Waals surface area contributed by atoms with Crippen LogP contribution >= 0.6 is 35.0 Å². The number of nitrogens with one attached hydrogen (secondary N) is 1. The predicted octanol–water partition coefficient (Wildman–Crippen LogP) is 5.77. The Morgan fingerprint density at radius 3 is 2.21 bits per heavy atom. The van der Waals surface area contributed by atoms with Gasteiger partial charge in [0.25, 0.3) is 0 Å². The van der Waals surface area contributed by atoms with Crippen molar-refractivity contribution >= 4 is 57.6 Å². The van der Waals surface area contributed by atoms with E-state index in [0.717, 1.165) is 27.4 Å². The second kappa shape index (κ2) is 8.45. The molecule has 0 unspecified atom stereocenters. The van der Waals surface area contributed by atoms with Gasteiger partial charge in [0, 0.05) is 20.6 Å². The van der Waals surface area contributed by atoms with Crippen molar-refractivity contribution in [2.24, 2.45) is 0 Å². The maximum Gasteiger partial charge on any atom is 0.234 e. The first-order chi connectivity index (χ1) is 14.0. The lowest BCUT2D eigenvalue weighted by molar-refractivity contribution is -0.113. The molecule has 1 N–H and O–H groups in total. The van der Waals surface area contributed by atoms with Gasteiger partial charge in [-0.2, -0.15) is 4.80 Å². The molecular weight excluding hydrogens is 427 g/mol. The molecule has 0 spiro atoms. The summed E-state index contributed by atoms with van der Waals surface area (Å²) in [5, 5.41) is 13.3. The molecule has 0 radical (unpaired) electrons. The summed E-state index contributed by atoms with van der Waals surface area (Å²) in [4.78, 5) is 14.9. The Labute approximate surface area is 182 Å². The van der Waals surface area contributed by atoms with Gasteiger partial charge in [-0.15, -0.1) is 22.0 Å². The number of aryl methyl sites for hydroxylation is 1. The van der Waals surface area contributed by atoms with Gasteiger partial charge < -0.3 is 5.32 Å². The van der Waals surface area contributed by atoms with Crippen molar-refractivity contribution < 1.29 is 4.79 Å². The van der Waals surface area contributed by atoms with E-state index in [4.69, 9.17) is 23.2 Å². The minimum atomic E-state index is -0.0857. The first kappa shape index (κ1) is 19.8. The standard InChI is InChI=1S/C21H16Cl2N4OS/c1-13-10-19-20(26-27(25-19)16-6-2-14(22)3-7-16)11-18(13)24-21(28)12-29-17-8-4-15(23)5-9-17/h2-11H,12H2,1H3,(H,24,28). The van der Waals surface area contributed by atoms with E-state index in [9.17, 15) is 4.79 Å². The normalized spacial score (nSPS) is 11.0. The number of fused-ring (bicyclic) bond motifs is 1. The molecule has 1 aromatic heterocycles. The maximum absolute atomic E-state index is 12.4. The third kappa shape index (κ3) is 4.72. The second-order valence-corrected chi connectivity index (χ2v) is 8.33. The maximum atomic E-state index is 12.4. The van der Waals surface area contributed by atoms with Gasteiger partial charge in [-0.05, 0) is 73.2 Å². The highest BCUT2D eigenvalue weighted by Gasteiger charge is 2.11. The summed E-state index contributed by atoms with van der Waals surface area (Å²) in [6.07, 6.45) is 0. The third-order valence-corrected chi connectivity index (χ3v) is 5.76. The molecular formula is C21H16Cl2N4OS. The van der Waals surface area contributed by atoms with Crippen molar-refractivity contribution in [1.82, 2.24) is 15.0 Å². The summed E-state index contributed by atoms with van der Waals surface area (Å²) in [5.74, 6) is 0.217. The van der Waals surface area contributed by atoms with Gasteiger partial charge in [-0.1, -0.05) is 23.2 Å². The van der Waals surface area contributed by atoms with E-state index in [1.807, 2.05) is 55.5 Å². The average Bonchev–Trinajstić information content (AvgIpc) is 3.11. The molecule has 0 fully saturated rings. The zero-order valence-corrected chi connectivity index (χ0v) is 17.7. The molecule has 0 atom stereocenters. The van der Waals surface area contributed by atoms with Crippen LogP contribution in [0.4, 0.5) is 5.69 Å². The van der Waals surface area contributed by atoms with Gasteiger partial charge in [0.2, 0.25) is 5.91 Å². The monoisotopic (exact) mass is 442 g/mol. The summed E-state index contributed by atoms with van der Waals surface area (Å²) in [7, 11) is 0. The first-order valence-corrected chi connectivity index (χ1v) is 10.5. The van der Waals surface area contributed by atoms with Crippen LogP contribution in [-0.2, 0) is 4.79 Å². The van der Waals surface area contributed by atoms with Crippen LogP contribution in [-0.4, -0.2) is 26.7 Å². The van der Waals surface area contributed by atoms with Crippen molar-refractivity contribution in [3.05, 3.63) is 76.3 Å². The number of halogens is 2. The van der Waals surface area contributed by atoms with Gasteiger partial charge in [0.05, 0.1) is 11.4 Å². The highest BCUT2D eigenvalue weighted by Crippen LogP contribution is 2.24. The fourth-order valence-electron chi connectivity index (χ4n) is 2.76. The fourth-order valence-corrected chi connectivity index (χ4v) is 3.71. The molecule has 0 saturated carbocycles. The zero-order valence-electron chi connectivity index (χ0n) is 15.4. The third-order valence-electron chi connectivity index (χ3n) is 4.24. The number of carbonyl (C=O) groups is 1. The number of aromatic nitrogens is 3. The molecule has 0 bridgehead atoms. The number of benzene rings is 3. The van der Waals surface area contributed by atoms with Crippen LogP contribution in [0.2, 0.25) is 10.0 Å². The lowest BCUT2D eigenvalue weighted by Gasteiger charge is -2.08. The number of amides is 1. The molecule has 3 aromatic carbocycles. The number of hydrogen-bond acceptors (Lipinski definition) is 4. The van der Waals surface area contributed by atoms with Crippen molar-refractivity contribution in [2.75, 3.05) is 11.1 Å². The van der Waals surface area contributed by atoms with Crippen molar-refractivity contribution in [3.8, 4) is 5.69 Å². The Morgan fingerprint density at radius 2 is 1.55 bits per heavy atom. The Balaban J connectivity index is 1.49. The molecule has 0 aliphatic rings. The molecule has 146 valence electrons. The van der Waals surface area contributed by atoms with Crippen molar-refractivity contribution in [1.29, 1.82) is 0 Å². The number of carbonyl (C=O) groups excluding carboxylic acids is 1. The number of nitrogens with zero attached hydrogens (tertiary/aromatic N) is 3. The molecule has 29 heavy (non-hydrogen) atoms. The van der Waals surface area contributed by atoms with E-state index in [1.165, 1.54) is 11.8 Å².